The van der Waals surface area contributed by atoms with Crippen LogP contribution >= 0.6 is 23.2 Å². The summed E-state index contributed by atoms with van der Waals surface area (Å²) in [6.07, 6.45) is 9.45. The number of hydrogen-bond donors (Lipinski definition) is 3. The zero-order valence-electron chi connectivity index (χ0n) is 28.5. The van der Waals surface area contributed by atoms with Gasteiger partial charge in [-0.3, -0.25) is 9.78 Å². The quantitative estimate of drug-likeness (QED) is 0.140. The highest BCUT2D eigenvalue weighted by molar-refractivity contribution is 6.39. The first-order valence-electron chi connectivity index (χ1n) is 17.2. The number of halogens is 2. The molecule has 1 atom stereocenters. The maximum atomic E-state index is 11.5. The number of carbonyl (C=O) groups is 1. The lowest BCUT2D eigenvalue weighted by Crippen LogP contribution is -2.58. The number of amides is 1. The van der Waals surface area contributed by atoms with Crippen LogP contribution in [0.25, 0.3) is 39.3 Å². The number of rotatable bonds is 12. The minimum atomic E-state index is 0.101. The lowest BCUT2D eigenvalue weighted by molar-refractivity contribution is -0.167. The summed E-state index contributed by atoms with van der Waals surface area (Å²) in [6.45, 7) is 3.68. The predicted octanol–water partition coefficient (Wildman–Crippen LogP) is 6.09. The van der Waals surface area contributed by atoms with Crippen LogP contribution in [-0.4, -0.2) is 71.3 Å². The molecular formula is C38H39Cl2N7O4. The van der Waals surface area contributed by atoms with Crippen molar-refractivity contribution in [3.63, 3.8) is 0 Å². The van der Waals surface area contributed by atoms with Crippen molar-refractivity contribution in [1.82, 2.24) is 35.3 Å². The van der Waals surface area contributed by atoms with Gasteiger partial charge in [0.05, 0.1) is 54.6 Å². The largest absolute Gasteiger partial charge is 0.493 e. The maximum absolute atomic E-state index is 11.5. The van der Waals surface area contributed by atoms with Crippen LogP contribution in [0.1, 0.15) is 36.9 Å². The smallest absolute Gasteiger partial charge is 0.220 e. The maximum Gasteiger partial charge on any atom is 0.220 e. The number of nitrogens with zero attached hydrogens (tertiary/aromatic N) is 4. The molecule has 5 aromatic rings. The van der Waals surface area contributed by atoms with Gasteiger partial charge in [-0.15, -0.1) is 0 Å². The highest BCUT2D eigenvalue weighted by atomic mass is 35.5. The highest BCUT2D eigenvalue weighted by Crippen LogP contribution is 2.47. The van der Waals surface area contributed by atoms with E-state index in [1.54, 1.807) is 20.4 Å². The Morgan fingerprint density at radius 3 is 2.57 bits per heavy atom. The fraction of sp³-hybridized carbons (Fsp3) is 0.368. The molecule has 13 heteroatoms. The van der Waals surface area contributed by atoms with Crippen molar-refractivity contribution in [2.45, 2.75) is 50.9 Å². The van der Waals surface area contributed by atoms with Crippen molar-refractivity contribution < 1.29 is 19.0 Å². The van der Waals surface area contributed by atoms with Crippen molar-refractivity contribution in [2.24, 2.45) is 5.41 Å². The van der Waals surface area contributed by atoms with E-state index >= 15 is 0 Å². The molecule has 0 bridgehead atoms. The van der Waals surface area contributed by atoms with Crippen molar-refractivity contribution in [3.8, 4) is 45.3 Å². The van der Waals surface area contributed by atoms with Gasteiger partial charge in [0.1, 0.15) is 0 Å². The Balaban J connectivity index is 1.03. The third kappa shape index (κ3) is 6.65. The molecule has 1 aromatic carbocycles. The van der Waals surface area contributed by atoms with Crippen molar-refractivity contribution in [3.05, 3.63) is 82.4 Å². The third-order valence-electron chi connectivity index (χ3n) is 10.2. The van der Waals surface area contributed by atoms with E-state index < -0.39 is 0 Å². The fourth-order valence-corrected chi connectivity index (χ4v) is 8.07. The highest BCUT2D eigenvalue weighted by Gasteiger charge is 2.49. The second-order valence-electron chi connectivity index (χ2n) is 13.7. The van der Waals surface area contributed by atoms with E-state index in [1.165, 1.54) is 0 Å². The van der Waals surface area contributed by atoms with Gasteiger partial charge in [0, 0.05) is 90.0 Å². The van der Waals surface area contributed by atoms with Crippen LogP contribution in [0.2, 0.25) is 10.0 Å². The zero-order chi connectivity index (χ0) is 35.1. The average molecular weight is 729 g/mol. The van der Waals surface area contributed by atoms with Crippen LogP contribution in [0.3, 0.4) is 0 Å². The Bertz CT molecular complexity index is 2110. The van der Waals surface area contributed by atoms with Crippen molar-refractivity contribution in [1.29, 1.82) is 0 Å². The number of hydrogen-bond acceptors (Lipinski definition) is 9. The number of aromatic nitrogens is 4. The normalized spacial score (nSPS) is 18.1. The summed E-state index contributed by atoms with van der Waals surface area (Å²) in [5.74, 6) is 1.23. The Morgan fingerprint density at radius 2 is 1.82 bits per heavy atom. The lowest BCUT2D eigenvalue weighted by Gasteiger charge is -2.53. The fourth-order valence-electron chi connectivity index (χ4n) is 7.42. The average Bonchev–Trinajstić information content (AvgIpc) is 3.72. The molecule has 3 N–H and O–H groups in total. The number of pyridine rings is 3. The monoisotopic (exact) mass is 727 g/mol. The van der Waals surface area contributed by atoms with Gasteiger partial charge < -0.3 is 34.6 Å². The molecule has 2 saturated heterocycles. The first kappa shape index (κ1) is 33.9. The topological polar surface area (TPSA) is 124 Å². The van der Waals surface area contributed by atoms with Crippen LogP contribution in [0.5, 0.6) is 11.6 Å². The van der Waals surface area contributed by atoms with E-state index in [2.05, 4.69) is 20.9 Å². The number of methoxy groups -OCH3 is 2. The van der Waals surface area contributed by atoms with Gasteiger partial charge in [0.25, 0.3) is 0 Å². The molecular weight excluding hydrogens is 689 g/mol. The summed E-state index contributed by atoms with van der Waals surface area (Å²) in [5.41, 5.74) is 7.27. The summed E-state index contributed by atoms with van der Waals surface area (Å²) in [4.78, 5) is 25.9. The van der Waals surface area contributed by atoms with E-state index in [0.717, 1.165) is 71.6 Å². The van der Waals surface area contributed by atoms with Crippen LogP contribution in [0.15, 0.2) is 61.1 Å². The van der Waals surface area contributed by atoms with Gasteiger partial charge in [0.15, 0.2) is 11.4 Å². The van der Waals surface area contributed by atoms with Crippen molar-refractivity contribution in [2.75, 3.05) is 34.0 Å². The molecule has 11 nitrogen and oxygen atoms in total. The van der Waals surface area contributed by atoms with Gasteiger partial charge >= 0.3 is 0 Å². The summed E-state index contributed by atoms with van der Waals surface area (Å²) in [6, 6.07) is 14.1. The van der Waals surface area contributed by atoms with Crippen LogP contribution < -0.4 is 25.4 Å². The Morgan fingerprint density at radius 1 is 1.00 bits per heavy atom. The molecule has 0 unspecified atom stereocenters. The number of benzene rings is 1. The van der Waals surface area contributed by atoms with E-state index in [0.29, 0.717) is 70.6 Å². The first-order valence-corrected chi connectivity index (χ1v) is 17.9. The van der Waals surface area contributed by atoms with Crippen LogP contribution in [0.4, 0.5) is 0 Å². The minimum Gasteiger partial charge on any atom is -0.493 e. The Labute approximate surface area is 306 Å². The second kappa shape index (κ2) is 14.0. The van der Waals surface area contributed by atoms with Gasteiger partial charge in [-0.2, -0.15) is 0 Å². The van der Waals surface area contributed by atoms with Gasteiger partial charge in [-0.1, -0.05) is 47.5 Å². The molecule has 1 aliphatic carbocycles. The molecule has 3 aliphatic rings. The van der Waals surface area contributed by atoms with Crippen molar-refractivity contribution >= 4 is 34.8 Å². The molecule has 6 heterocycles. The molecule has 8 rings (SSSR count). The zero-order valence-corrected chi connectivity index (χ0v) is 30.0. The number of carbonyl (C=O) groups excluding carboxylic acids is 1. The number of fused-ring (bicyclic) bond motifs is 1. The number of nitrogens with one attached hydrogen (secondary N) is 3. The summed E-state index contributed by atoms with van der Waals surface area (Å²) >= 11 is 14.3. The van der Waals surface area contributed by atoms with E-state index in [1.807, 2.05) is 59.3 Å². The van der Waals surface area contributed by atoms with Gasteiger partial charge in [0.2, 0.25) is 11.8 Å². The third-order valence-corrected chi connectivity index (χ3v) is 11.0. The van der Waals surface area contributed by atoms with Crippen LogP contribution in [-0.2, 0) is 22.6 Å². The Hall–Kier alpha value is -4.26. The predicted molar refractivity (Wildman–Crippen MR) is 196 cm³/mol. The van der Waals surface area contributed by atoms with E-state index in [9.17, 15) is 4.79 Å². The summed E-state index contributed by atoms with van der Waals surface area (Å²) in [5, 5.41) is 11.0. The number of imidazole rings is 1. The second-order valence-corrected chi connectivity index (χ2v) is 14.5. The molecule has 1 amide bonds. The van der Waals surface area contributed by atoms with Crippen LogP contribution in [0, 0.1) is 5.41 Å². The standard InChI is InChI=1S/C38H39Cl2N7O4/c1-49-31-12-23(18-47-19-26(45-36(31)47)17-43-25-13-38(14-25)20-51-21-38)35-34(40)28(10-11-42-35)27-4-3-5-29(33(27)39)30-8-6-22(37(46-30)50-2)15-41-16-24-7-9-32(48)44-24/h3-6,8,10-12,18-19,24-25,41,43H,7,9,13-17,20-21H2,1-2H3,(H,44,48)/t24-/m0/s1. The van der Waals surface area contributed by atoms with E-state index in [4.69, 9.17) is 47.4 Å². The molecule has 51 heavy (non-hydrogen) atoms. The summed E-state index contributed by atoms with van der Waals surface area (Å²) < 4.78 is 18.8. The molecule has 1 spiro atoms. The molecule has 264 valence electrons. The van der Waals surface area contributed by atoms with Gasteiger partial charge in [-0.25, -0.2) is 9.97 Å². The molecule has 0 radical (unpaired) electrons. The first-order chi connectivity index (χ1) is 24.8. The molecule has 1 saturated carbocycles. The van der Waals surface area contributed by atoms with Gasteiger partial charge in [-0.05, 0) is 37.5 Å². The number of ether oxygens (including phenoxy) is 3. The SMILES string of the molecule is COc1nc(-c2cccc(-c3ccnc(-c4cc(OC)c5nc(CNC6CC7(COC7)C6)cn5c4)c3Cl)c2Cl)ccc1CNC[C@@H]1CCC(=O)N1. The molecule has 4 aromatic heterocycles. The van der Waals surface area contributed by atoms with E-state index in [-0.39, 0.29) is 11.9 Å². The summed E-state index contributed by atoms with van der Waals surface area (Å²) in [7, 11) is 3.24. The Kier molecular flexibility index (Phi) is 9.32. The lowest BCUT2D eigenvalue weighted by atomic mass is 9.64. The molecule has 3 fully saturated rings. The molecule has 2 aliphatic heterocycles. The minimum absolute atomic E-state index is 0.101.